The Labute approximate surface area is 213 Å². The first-order valence-electron chi connectivity index (χ1n) is 11.6. The van der Waals surface area contributed by atoms with Gasteiger partial charge >= 0.3 is 0 Å². The maximum absolute atomic E-state index is 14.4. The van der Waals surface area contributed by atoms with E-state index < -0.39 is 17.7 Å². The molecule has 1 aliphatic carbocycles. The summed E-state index contributed by atoms with van der Waals surface area (Å²) in [5.74, 6) is -2.29. The number of carbonyl (C=O) groups excluding carboxylic acids is 3. The van der Waals surface area contributed by atoms with Gasteiger partial charge in [-0.15, -0.1) is 0 Å². The molecule has 2 aromatic carbocycles. The maximum Gasteiger partial charge on any atom is 0.221 e. The van der Waals surface area contributed by atoms with Crippen LogP contribution in [0.1, 0.15) is 41.0 Å². The van der Waals surface area contributed by atoms with Crippen LogP contribution in [0.2, 0.25) is 5.02 Å². The van der Waals surface area contributed by atoms with Crippen LogP contribution in [0.3, 0.4) is 0 Å². The summed E-state index contributed by atoms with van der Waals surface area (Å²) in [6.07, 6.45) is 1.32. The summed E-state index contributed by atoms with van der Waals surface area (Å²) in [7, 11) is 1.56. The smallest absolute Gasteiger partial charge is 0.221 e. The van der Waals surface area contributed by atoms with Crippen molar-refractivity contribution in [2.75, 3.05) is 7.11 Å². The molecule has 1 saturated carbocycles. The third kappa shape index (κ3) is 5.16. The highest BCUT2D eigenvalue weighted by Gasteiger charge is 2.43. The first kappa shape index (κ1) is 25.5. The van der Waals surface area contributed by atoms with Gasteiger partial charge in [-0.05, 0) is 54.8 Å². The number of halogens is 2. The highest BCUT2D eigenvalue weighted by molar-refractivity contribution is 6.30. The van der Waals surface area contributed by atoms with E-state index >= 15 is 0 Å². The quantitative estimate of drug-likeness (QED) is 0.448. The number of amides is 1. The second-order valence-corrected chi connectivity index (χ2v) is 9.44. The molecule has 0 radical (unpaired) electrons. The molecular formula is C28H26ClFN2O4. The number of hydrogen-bond acceptors (Lipinski definition) is 5. The molecule has 6 nitrogen and oxygen atoms in total. The van der Waals surface area contributed by atoms with E-state index in [2.05, 4.69) is 10.3 Å². The molecule has 3 aromatic rings. The number of aryl methyl sites for hydroxylation is 2. The molecule has 1 aliphatic rings. The first-order valence-corrected chi connectivity index (χ1v) is 11.9. The van der Waals surface area contributed by atoms with Crippen LogP contribution in [0.4, 0.5) is 4.39 Å². The van der Waals surface area contributed by atoms with E-state index in [-0.39, 0.29) is 47.6 Å². The largest absolute Gasteiger partial charge is 0.496 e. The summed E-state index contributed by atoms with van der Waals surface area (Å²) >= 11 is 5.81. The lowest BCUT2D eigenvalue weighted by atomic mass is 9.85. The predicted octanol–water partition coefficient (Wildman–Crippen LogP) is 5.11. The van der Waals surface area contributed by atoms with Crippen LogP contribution < -0.4 is 10.1 Å². The van der Waals surface area contributed by atoms with Gasteiger partial charge in [0, 0.05) is 42.6 Å². The minimum atomic E-state index is -0.936. The van der Waals surface area contributed by atoms with Gasteiger partial charge in [0.2, 0.25) is 5.91 Å². The Morgan fingerprint density at radius 2 is 1.86 bits per heavy atom. The highest BCUT2D eigenvalue weighted by Crippen LogP contribution is 2.39. The van der Waals surface area contributed by atoms with Crippen molar-refractivity contribution < 1.29 is 23.5 Å². The Kier molecular flexibility index (Phi) is 7.50. The summed E-state index contributed by atoms with van der Waals surface area (Å²) in [4.78, 5) is 42.9. The van der Waals surface area contributed by atoms with E-state index in [1.165, 1.54) is 12.3 Å². The maximum atomic E-state index is 14.4. The lowest BCUT2D eigenvalue weighted by molar-refractivity contribution is -0.128. The fourth-order valence-electron chi connectivity index (χ4n) is 4.86. The molecular weight excluding hydrogens is 483 g/mol. The van der Waals surface area contributed by atoms with Crippen LogP contribution >= 0.6 is 11.6 Å². The van der Waals surface area contributed by atoms with Crippen molar-refractivity contribution in [2.24, 2.45) is 5.92 Å². The van der Waals surface area contributed by atoms with Gasteiger partial charge in [-0.25, -0.2) is 4.39 Å². The normalized spacial score (nSPS) is 17.4. The SMILES string of the molecule is COc1ccccc1CNC(=O)CC1CC(=O)C(c2c(C)cc(-c3ncc(Cl)cc3F)cc2C)C1=O. The molecule has 2 atom stereocenters. The molecule has 1 heterocycles. The third-order valence-electron chi connectivity index (χ3n) is 6.52. The van der Waals surface area contributed by atoms with Crippen molar-refractivity contribution >= 4 is 29.1 Å². The highest BCUT2D eigenvalue weighted by atomic mass is 35.5. The van der Waals surface area contributed by atoms with Gasteiger partial charge in [0.1, 0.15) is 23.1 Å². The average Bonchev–Trinajstić information content (AvgIpc) is 3.10. The van der Waals surface area contributed by atoms with Crippen molar-refractivity contribution in [1.82, 2.24) is 10.3 Å². The molecule has 1 N–H and O–H groups in total. The fraction of sp³-hybridized carbons (Fsp3) is 0.286. The number of rotatable bonds is 7. The van der Waals surface area contributed by atoms with E-state index in [4.69, 9.17) is 16.3 Å². The Bertz CT molecular complexity index is 1330. The molecule has 2 unspecified atom stereocenters. The number of benzene rings is 2. The number of methoxy groups -OCH3 is 1. The van der Waals surface area contributed by atoms with Gasteiger partial charge in [0.25, 0.3) is 0 Å². The van der Waals surface area contributed by atoms with Gasteiger partial charge in [0.15, 0.2) is 11.6 Å². The number of aromatic nitrogens is 1. The van der Waals surface area contributed by atoms with Crippen molar-refractivity contribution in [2.45, 2.75) is 39.2 Å². The van der Waals surface area contributed by atoms with Crippen molar-refractivity contribution in [3.8, 4) is 17.0 Å². The zero-order valence-electron chi connectivity index (χ0n) is 20.2. The van der Waals surface area contributed by atoms with Crippen molar-refractivity contribution in [1.29, 1.82) is 0 Å². The summed E-state index contributed by atoms with van der Waals surface area (Å²) in [6, 6.07) is 12.0. The van der Waals surface area contributed by atoms with E-state index in [1.54, 1.807) is 39.2 Å². The average molecular weight is 509 g/mol. The number of carbonyl (C=O) groups is 3. The van der Waals surface area contributed by atoms with E-state index in [0.29, 0.717) is 28.0 Å². The number of ether oxygens (including phenoxy) is 1. The molecule has 4 rings (SSSR count). The van der Waals surface area contributed by atoms with Crippen molar-refractivity contribution in [3.05, 3.63) is 81.8 Å². The molecule has 0 aliphatic heterocycles. The van der Waals surface area contributed by atoms with Crippen molar-refractivity contribution in [3.63, 3.8) is 0 Å². The zero-order valence-corrected chi connectivity index (χ0v) is 21.0. The summed E-state index contributed by atoms with van der Waals surface area (Å²) in [5, 5.41) is 3.01. The molecule has 36 heavy (non-hydrogen) atoms. The number of ketones is 2. The van der Waals surface area contributed by atoms with Crippen LogP contribution in [0, 0.1) is 25.6 Å². The number of para-hydroxylation sites is 1. The Hall–Kier alpha value is -3.58. The zero-order chi connectivity index (χ0) is 26.0. The summed E-state index contributed by atoms with van der Waals surface area (Å²) in [6.45, 7) is 3.83. The molecule has 0 saturated heterocycles. The van der Waals surface area contributed by atoms with Crippen LogP contribution in [0.25, 0.3) is 11.3 Å². The molecule has 0 spiro atoms. The Morgan fingerprint density at radius 1 is 1.17 bits per heavy atom. The lowest BCUT2D eigenvalue weighted by Crippen LogP contribution is -2.27. The molecule has 8 heteroatoms. The number of nitrogens with one attached hydrogen (secondary N) is 1. The minimum absolute atomic E-state index is 0.0135. The fourth-order valence-corrected chi connectivity index (χ4v) is 5.01. The van der Waals surface area contributed by atoms with Gasteiger partial charge < -0.3 is 10.1 Å². The van der Waals surface area contributed by atoms with Gasteiger partial charge in [0.05, 0.1) is 12.1 Å². The minimum Gasteiger partial charge on any atom is -0.496 e. The van der Waals surface area contributed by atoms with Crippen LogP contribution in [-0.4, -0.2) is 29.6 Å². The second kappa shape index (κ2) is 10.6. The van der Waals surface area contributed by atoms with Crippen LogP contribution in [-0.2, 0) is 20.9 Å². The molecule has 1 aromatic heterocycles. The molecule has 1 fully saturated rings. The van der Waals surface area contributed by atoms with E-state index in [9.17, 15) is 18.8 Å². The number of nitrogens with zero attached hydrogens (tertiary/aromatic N) is 1. The van der Waals surface area contributed by atoms with Crippen LogP contribution in [0.15, 0.2) is 48.7 Å². The third-order valence-corrected chi connectivity index (χ3v) is 6.73. The monoisotopic (exact) mass is 508 g/mol. The number of Topliss-reactive ketones (excluding diaryl/α,β-unsaturated/α-hetero) is 2. The molecule has 186 valence electrons. The number of pyridine rings is 1. The topological polar surface area (TPSA) is 85.4 Å². The summed E-state index contributed by atoms with van der Waals surface area (Å²) < 4.78 is 19.7. The van der Waals surface area contributed by atoms with E-state index in [1.807, 2.05) is 18.2 Å². The number of hydrogen-bond donors (Lipinski definition) is 1. The van der Waals surface area contributed by atoms with Gasteiger partial charge in [-0.3, -0.25) is 19.4 Å². The molecule has 1 amide bonds. The second-order valence-electron chi connectivity index (χ2n) is 9.00. The van der Waals surface area contributed by atoms with Gasteiger partial charge in [-0.1, -0.05) is 29.8 Å². The van der Waals surface area contributed by atoms with Gasteiger partial charge in [-0.2, -0.15) is 0 Å². The first-order chi connectivity index (χ1) is 17.2. The van der Waals surface area contributed by atoms with E-state index in [0.717, 1.165) is 5.56 Å². The standard InChI is InChI=1S/C28H26ClFN2O4/c1-15-8-18(27-21(30)12-20(29)14-32-27)9-16(2)25(15)26-22(33)10-19(28(26)35)11-24(34)31-13-17-6-4-5-7-23(17)36-3/h4-9,12,14,19,26H,10-11,13H2,1-3H3,(H,31,34). The predicted molar refractivity (Wildman–Crippen MR) is 134 cm³/mol. The summed E-state index contributed by atoms with van der Waals surface area (Å²) in [5.41, 5.74) is 3.49. The Morgan fingerprint density at radius 3 is 2.53 bits per heavy atom. The lowest BCUT2D eigenvalue weighted by Gasteiger charge is -2.17. The Balaban J connectivity index is 1.49. The molecule has 0 bridgehead atoms. The van der Waals surface area contributed by atoms with Crippen LogP contribution in [0.5, 0.6) is 5.75 Å².